The van der Waals surface area contributed by atoms with Gasteiger partial charge in [0.1, 0.15) is 5.15 Å². The Morgan fingerprint density at radius 3 is 2.69 bits per heavy atom. The maximum Gasteiger partial charge on any atom is 0.132 e. The third kappa shape index (κ3) is 1.92. The first-order chi connectivity index (χ1) is 7.63. The van der Waals surface area contributed by atoms with Crippen LogP contribution in [0.25, 0.3) is 10.9 Å². The summed E-state index contributed by atoms with van der Waals surface area (Å²) in [7, 11) is 0. The van der Waals surface area contributed by atoms with Gasteiger partial charge in [0.2, 0.25) is 0 Å². The monoisotopic (exact) mass is 233 g/mol. The van der Waals surface area contributed by atoms with Crippen molar-refractivity contribution in [3.8, 4) is 0 Å². The molecule has 1 nitrogen and oxygen atoms in total. The highest BCUT2D eigenvalue weighted by Crippen LogP contribution is 2.25. The van der Waals surface area contributed by atoms with Gasteiger partial charge >= 0.3 is 0 Å². The Kier molecular flexibility index (Phi) is 3.15. The number of benzene rings is 1. The number of rotatable bonds is 2. The summed E-state index contributed by atoms with van der Waals surface area (Å²) in [6.07, 6.45) is 2.09. The largest absolute Gasteiger partial charge is 0.236 e. The van der Waals surface area contributed by atoms with Gasteiger partial charge in [-0.25, -0.2) is 4.98 Å². The summed E-state index contributed by atoms with van der Waals surface area (Å²) in [5.74, 6) is 0. The van der Waals surface area contributed by atoms with Gasteiger partial charge < -0.3 is 0 Å². The van der Waals surface area contributed by atoms with Crippen LogP contribution in [-0.4, -0.2) is 4.98 Å². The molecule has 0 amide bonds. The summed E-state index contributed by atoms with van der Waals surface area (Å²) < 4.78 is 0. The van der Waals surface area contributed by atoms with Crippen molar-refractivity contribution in [1.29, 1.82) is 0 Å². The topological polar surface area (TPSA) is 12.9 Å². The van der Waals surface area contributed by atoms with Crippen LogP contribution in [0.5, 0.6) is 0 Å². The van der Waals surface area contributed by atoms with Gasteiger partial charge in [-0.3, -0.25) is 0 Å². The number of fused-ring (bicyclic) bond motifs is 1. The van der Waals surface area contributed by atoms with Crippen molar-refractivity contribution in [3.05, 3.63) is 40.0 Å². The summed E-state index contributed by atoms with van der Waals surface area (Å²) in [5.41, 5.74) is 4.67. The van der Waals surface area contributed by atoms with E-state index in [0.29, 0.717) is 5.15 Å². The molecule has 0 saturated carbocycles. The summed E-state index contributed by atoms with van der Waals surface area (Å²) >= 11 is 6.20. The number of aryl methyl sites for hydroxylation is 3. The van der Waals surface area contributed by atoms with Crippen molar-refractivity contribution in [1.82, 2.24) is 4.98 Å². The van der Waals surface area contributed by atoms with E-state index in [1.54, 1.807) is 0 Å². The lowest BCUT2D eigenvalue weighted by atomic mass is 10.0. The maximum atomic E-state index is 6.20. The number of aromatic nitrogens is 1. The Bertz CT molecular complexity index is 532. The molecule has 0 aliphatic heterocycles. The molecule has 0 atom stereocenters. The van der Waals surface area contributed by atoms with E-state index in [4.69, 9.17) is 11.6 Å². The van der Waals surface area contributed by atoms with Crippen LogP contribution in [0.4, 0.5) is 0 Å². The van der Waals surface area contributed by atoms with Crippen molar-refractivity contribution in [2.24, 2.45) is 0 Å². The molecule has 0 aliphatic carbocycles. The molecule has 0 aliphatic rings. The molecule has 0 fully saturated rings. The van der Waals surface area contributed by atoms with Crippen molar-refractivity contribution >= 4 is 22.5 Å². The van der Waals surface area contributed by atoms with Crippen LogP contribution in [0.2, 0.25) is 5.15 Å². The molecule has 0 spiro atoms. The predicted molar refractivity (Wildman–Crippen MR) is 70.2 cm³/mol. The second-order valence-electron chi connectivity index (χ2n) is 4.27. The van der Waals surface area contributed by atoms with Crippen LogP contribution in [0.3, 0.4) is 0 Å². The molecule has 0 bridgehead atoms. The third-order valence-corrected chi connectivity index (χ3v) is 3.38. The van der Waals surface area contributed by atoms with E-state index in [0.717, 1.165) is 23.9 Å². The first kappa shape index (κ1) is 11.4. The smallest absolute Gasteiger partial charge is 0.132 e. The Hall–Kier alpha value is -1.08. The second-order valence-corrected chi connectivity index (χ2v) is 4.63. The van der Waals surface area contributed by atoms with Crippen LogP contribution < -0.4 is 0 Å². The zero-order valence-corrected chi connectivity index (χ0v) is 10.7. The van der Waals surface area contributed by atoms with Gasteiger partial charge in [-0.15, -0.1) is 0 Å². The van der Waals surface area contributed by atoms with E-state index in [1.807, 2.05) is 0 Å². The van der Waals surface area contributed by atoms with Crippen molar-refractivity contribution in [3.63, 3.8) is 0 Å². The summed E-state index contributed by atoms with van der Waals surface area (Å²) in [5, 5.41) is 1.85. The fraction of sp³-hybridized carbons (Fsp3) is 0.357. The minimum Gasteiger partial charge on any atom is -0.236 e. The van der Waals surface area contributed by atoms with Gasteiger partial charge in [-0.1, -0.05) is 37.1 Å². The molecule has 2 rings (SSSR count). The molecule has 84 valence electrons. The van der Waals surface area contributed by atoms with Crippen molar-refractivity contribution < 1.29 is 0 Å². The summed E-state index contributed by atoms with van der Waals surface area (Å²) in [6, 6.07) is 6.43. The van der Waals surface area contributed by atoms with Gasteiger partial charge in [0.05, 0.1) is 5.52 Å². The van der Waals surface area contributed by atoms with E-state index >= 15 is 0 Å². The molecule has 1 heterocycles. The standard InChI is InChI=1S/C14H16ClN/c1-4-5-12-8-11-7-6-9(2)10(3)13(11)16-14(12)15/h6-8H,4-5H2,1-3H3. The van der Waals surface area contributed by atoms with E-state index in [2.05, 4.69) is 44.0 Å². The molecule has 0 N–H and O–H groups in total. The first-order valence-electron chi connectivity index (χ1n) is 5.68. The van der Waals surface area contributed by atoms with Crippen molar-refractivity contribution in [2.45, 2.75) is 33.6 Å². The second kappa shape index (κ2) is 4.42. The molecule has 0 radical (unpaired) electrons. The Labute approximate surface area is 101 Å². The third-order valence-electron chi connectivity index (χ3n) is 3.06. The van der Waals surface area contributed by atoms with Crippen LogP contribution in [0.15, 0.2) is 18.2 Å². The van der Waals surface area contributed by atoms with E-state index in [9.17, 15) is 0 Å². The van der Waals surface area contributed by atoms with Gasteiger partial charge in [0.15, 0.2) is 0 Å². The average molecular weight is 234 g/mol. The van der Waals surface area contributed by atoms with Crippen molar-refractivity contribution in [2.75, 3.05) is 0 Å². The van der Waals surface area contributed by atoms with Crippen LogP contribution in [-0.2, 0) is 6.42 Å². The summed E-state index contributed by atoms with van der Waals surface area (Å²) in [4.78, 5) is 4.52. The number of nitrogens with zero attached hydrogens (tertiary/aromatic N) is 1. The number of hydrogen-bond acceptors (Lipinski definition) is 1. The first-order valence-corrected chi connectivity index (χ1v) is 6.06. The maximum absolute atomic E-state index is 6.20. The highest BCUT2D eigenvalue weighted by atomic mass is 35.5. The Morgan fingerprint density at radius 2 is 2.00 bits per heavy atom. The molecular weight excluding hydrogens is 218 g/mol. The van der Waals surface area contributed by atoms with E-state index < -0.39 is 0 Å². The molecule has 2 heteroatoms. The molecular formula is C14H16ClN. The summed E-state index contributed by atoms with van der Waals surface area (Å²) in [6.45, 7) is 6.35. The fourth-order valence-electron chi connectivity index (χ4n) is 1.95. The Balaban J connectivity index is 2.69. The minimum absolute atomic E-state index is 0.656. The molecule has 0 unspecified atom stereocenters. The van der Waals surface area contributed by atoms with Gasteiger partial charge in [0, 0.05) is 5.39 Å². The van der Waals surface area contributed by atoms with Gasteiger partial charge in [-0.05, 0) is 43.0 Å². The number of halogens is 1. The fourth-order valence-corrected chi connectivity index (χ4v) is 2.18. The SMILES string of the molecule is CCCc1cc2ccc(C)c(C)c2nc1Cl. The quantitative estimate of drug-likeness (QED) is 0.698. The highest BCUT2D eigenvalue weighted by molar-refractivity contribution is 6.30. The predicted octanol–water partition coefficient (Wildman–Crippen LogP) is 4.46. The zero-order chi connectivity index (χ0) is 11.7. The highest BCUT2D eigenvalue weighted by Gasteiger charge is 2.07. The molecule has 2 aromatic rings. The van der Waals surface area contributed by atoms with Crippen LogP contribution in [0.1, 0.15) is 30.0 Å². The lowest BCUT2D eigenvalue weighted by Crippen LogP contribution is -1.93. The van der Waals surface area contributed by atoms with Crippen LogP contribution >= 0.6 is 11.6 Å². The molecule has 16 heavy (non-hydrogen) atoms. The lowest BCUT2D eigenvalue weighted by Gasteiger charge is -2.08. The minimum atomic E-state index is 0.656. The average Bonchev–Trinajstić information content (AvgIpc) is 2.26. The van der Waals surface area contributed by atoms with Gasteiger partial charge in [-0.2, -0.15) is 0 Å². The van der Waals surface area contributed by atoms with E-state index in [1.165, 1.54) is 16.5 Å². The zero-order valence-electron chi connectivity index (χ0n) is 9.97. The van der Waals surface area contributed by atoms with Gasteiger partial charge in [0.25, 0.3) is 0 Å². The van der Waals surface area contributed by atoms with Crippen LogP contribution in [0, 0.1) is 13.8 Å². The number of pyridine rings is 1. The number of hydrogen-bond donors (Lipinski definition) is 0. The Morgan fingerprint density at radius 1 is 1.25 bits per heavy atom. The molecule has 1 aromatic heterocycles. The normalized spacial score (nSPS) is 11.0. The molecule has 0 saturated heterocycles. The lowest BCUT2D eigenvalue weighted by molar-refractivity contribution is 0.917. The van der Waals surface area contributed by atoms with E-state index in [-0.39, 0.29) is 0 Å². The molecule has 1 aromatic carbocycles.